The summed E-state index contributed by atoms with van der Waals surface area (Å²) >= 11 is 1.89. The van der Waals surface area contributed by atoms with Gasteiger partial charge in [0.2, 0.25) is 5.91 Å². The number of rotatable bonds is 8. The second-order valence-electron chi connectivity index (χ2n) is 8.58. The fraction of sp³-hybridized carbons (Fsp3) is 0.440. The summed E-state index contributed by atoms with van der Waals surface area (Å²) in [5, 5.41) is 3.98. The minimum atomic E-state index is -0.455. The average Bonchev–Trinajstić information content (AvgIpc) is 2.81. The first-order valence-electron chi connectivity index (χ1n) is 11.3. The van der Waals surface area contributed by atoms with Gasteiger partial charge in [0, 0.05) is 23.4 Å². The summed E-state index contributed by atoms with van der Waals surface area (Å²) in [6.45, 7) is 4.44. The van der Waals surface area contributed by atoms with Gasteiger partial charge < -0.3 is 11.1 Å². The molecule has 1 amide bonds. The van der Waals surface area contributed by atoms with E-state index in [-0.39, 0.29) is 0 Å². The molecule has 3 atom stereocenters. The molecule has 3 aliphatic carbocycles. The Balaban J connectivity index is 1.27. The van der Waals surface area contributed by atoms with E-state index in [1.165, 1.54) is 38.5 Å². The molecule has 0 saturated heterocycles. The van der Waals surface area contributed by atoms with E-state index in [1.807, 2.05) is 18.0 Å². The van der Waals surface area contributed by atoms with Crippen LogP contribution in [-0.4, -0.2) is 30.5 Å². The number of amides is 1. The van der Waals surface area contributed by atoms with Gasteiger partial charge in [-0.25, -0.2) is 0 Å². The highest BCUT2D eigenvalue weighted by Crippen LogP contribution is 2.34. The Morgan fingerprint density at radius 2 is 2.13 bits per heavy atom. The highest BCUT2D eigenvalue weighted by atomic mass is 32.2. The molecule has 0 radical (unpaired) electrons. The maximum Gasteiger partial charge on any atom is 0.248 e. The van der Waals surface area contributed by atoms with E-state index >= 15 is 0 Å². The van der Waals surface area contributed by atoms with Crippen molar-refractivity contribution in [3.63, 3.8) is 0 Å². The van der Waals surface area contributed by atoms with Gasteiger partial charge in [0.15, 0.2) is 0 Å². The molecular formula is C25H32N4OS. The first-order chi connectivity index (χ1) is 15.1. The Bertz CT molecular complexity index is 920. The number of anilines is 1. The van der Waals surface area contributed by atoms with Crippen LogP contribution >= 0.6 is 11.9 Å². The Hall–Kier alpha value is -2.31. The van der Waals surface area contributed by atoms with Crippen molar-refractivity contribution in [1.82, 2.24) is 4.72 Å². The number of aliphatic imine (C=N–C) groups is 1. The first-order valence-corrected chi connectivity index (χ1v) is 12.1. The zero-order chi connectivity index (χ0) is 21.6. The highest BCUT2D eigenvalue weighted by Gasteiger charge is 2.24. The minimum Gasteiger partial charge on any atom is -0.383 e. The van der Waals surface area contributed by atoms with Crippen molar-refractivity contribution < 1.29 is 4.79 Å². The summed E-state index contributed by atoms with van der Waals surface area (Å²) in [6, 6.07) is 5.76. The minimum absolute atomic E-state index is 0.447. The summed E-state index contributed by atoms with van der Waals surface area (Å²) in [7, 11) is 0. The molecule has 0 fully saturated rings. The Labute approximate surface area is 189 Å². The molecular weight excluding hydrogens is 404 g/mol. The third kappa shape index (κ3) is 5.49. The number of allylic oxidation sites excluding steroid dienone is 2. The molecule has 1 aromatic rings. The Morgan fingerprint density at radius 3 is 2.90 bits per heavy atom. The van der Waals surface area contributed by atoms with Gasteiger partial charge in [0.1, 0.15) is 0 Å². The van der Waals surface area contributed by atoms with Crippen LogP contribution in [0.5, 0.6) is 0 Å². The molecule has 31 heavy (non-hydrogen) atoms. The molecule has 3 aliphatic rings. The molecule has 5 nitrogen and oxygen atoms in total. The molecule has 0 saturated carbocycles. The summed E-state index contributed by atoms with van der Waals surface area (Å²) < 4.78 is 3.78. The maximum atomic E-state index is 11.4. The molecule has 0 bridgehead atoms. The quantitative estimate of drug-likeness (QED) is 0.293. The van der Waals surface area contributed by atoms with Crippen LogP contribution < -0.4 is 15.8 Å². The molecule has 6 heteroatoms. The normalized spacial score (nSPS) is 25.2. The van der Waals surface area contributed by atoms with Crippen molar-refractivity contribution in [2.24, 2.45) is 16.6 Å². The SMILES string of the molecule is C=Nc1cc(C(N)=O)ccc1NCC1C=CC(SNC2CCCC3=C2C=CCC3)CC1. The van der Waals surface area contributed by atoms with E-state index < -0.39 is 5.91 Å². The molecule has 4 N–H and O–H groups in total. The summed E-state index contributed by atoms with van der Waals surface area (Å²) in [4.78, 5) is 15.4. The predicted molar refractivity (Wildman–Crippen MR) is 132 cm³/mol. The summed E-state index contributed by atoms with van der Waals surface area (Å²) in [5.41, 5.74) is 10.6. The van der Waals surface area contributed by atoms with Crippen molar-refractivity contribution in [3.8, 4) is 0 Å². The lowest BCUT2D eigenvalue weighted by atomic mass is 9.83. The van der Waals surface area contributed by atoms with E-state index in [2.05, 4.69) is 46.1 Å². The molecule has 0 spiro atoms. The van der Waals surface area contributed by atoms with Gasteiger partial charge in [-0.05, 0) is 81.4 Å². The smallest absolute Gasteiger partial charge is 0.248 e. The molecule has 1 aromatic carbocycles. The number of carbonyl (C=O) groups is 1. The highest BCUT2D eigenvalue weighted by molar-refractivity contribution is 7.98. The molecule has 164 valence electrons. The van der Waals surface area contributed by atoms with E-state index in [4.69, 9.17) is 5.73 Å². The maximum absolute atomic E-state index is 11.4. The topological polar surface area (TPSA) is 79.5 Å². The van der Waals surface area contributed by atoms with Crippen LogP contribution in [0.15, 0.2) is 58.6 Å². The average molecular weight is 437 g/mol. The van der Waals surface area contributed by atoms with Crippen molar-refractivity contribution >= 4 is 35.9 Å². The first kappa shape index (κ1) is 21.9. The van der Waals surface area contributed by atoms with Crippen molar-refractivity contribution in [3.05, 3.63) is 59.2 Å². The number of primary amides is 1. The van der Waals surface area contributed by atoms with Crippen LogP contribution in [0.25, 0.3) is 0 Å². The molecule has 3 unspecified atom stereocenters. The molecule has 0 heterocycles. The second-order valence-corrected chi connectivity index (χ2v) is 9.65. The van der Waals surface area contributed by atoms with E-state index in [0.29, 0.717) is 28.5 Å². The Kier molecular flexibility index (Phi) is 7.30. The number of carbonyl (C=O) groups excluding carboxylic acids is 1. The van der Waals surface area contributed by atoms with E-state index in [1.54, 1.807) is 23.3 Å². The van der Waals surface area contributed by atoms with Crippen LogP contribution in [0.3, 0.4) is 0 Å². The van der Waals surface area contributed by atoms with Gasteiger partial charge >= 0.3 is 0 Å². The standard InChI is InChI=1S/C25H32N4OS/c1-27-24-15-19(25(26)30)11-14-23(24)28-16-17-9-12-20(13-10-17)31-29-22-8-4-6-18-5-2-3-7-21(18)22/h3,7,9,11-12,14-15,17,20,22,28-29H,1-2,4-6,8,10,13,16H2,(H2,26,30). The van der Waals surface area contributed by atoms with Gasteiger partial charge in [-0.1, -0.05) is 41.8 Å². The summed E-state index contributed by atoms with van der Waals surface area (Å²) in [5.74, 6) is 0.0275. The second kappa shape index (κ2) is 10.3. The van der Waals surface area contributed by atoms with Crippen LogP contribution in [0.1, 0.15) is 55.3 Å². The van der Waals surface area contributed by atoms with Crippen LogP contribution in [-0.2, 0) is 0 Å². The largest absolute Gasteiger partial charge is 0.383 e. The fourth-order valence-electron chi connectivity index (χ4n) is 4.66. The molecule has 0 aromatic heterocycles. The van der Waals surface area contributed by atoms with Gasteiger partial charge in [-0.15, -0.1) is 0 Å². The number of nitrogens with zero attached hydrogens (tertiary/aromatic N) is 1. The van der Waals surface area contributed by atoms with Crippen LogP contribution in [0, 0.1) is 5.92 Å². The number of nitrogens with one attached hydrogen (secondary N) is 2. The third-order valence-corrected chi connectivity index (χ3v) is 7.57. The predicted octanol–water partition coefficient (Wildman–Crippen LogP) is 5.30. The zero-order valence-electron chi connectivity index (χ0n) is 18.0. The lowest BCUT2D eigenvalue weighted by Gasteiger charge is -2.31. The molecule has 4 rings (SSSR count). The zero-order valence-corrected chi connectivity index (χ0v) is 18.8. The Morgan fingerprint density at radius 1 is 1.23 bits per heavy atom. The van der Waals surface area contributed by atoms with Crippen LogP contribution in [0.2, 0.25) is 0 Å². The number of hydrogen-bond donors (Lipinski definition) is 3. The van der Waals surface area contributed by atoms with Crippen LogP contribution in [0.4, 0.5) is 11.4 Å². The van der Waals surface area contributed by atoms with Gasteiger partial charge in [0.05, 0.1) is 11.4 Å². The van der Waals surface area contributed by atoms with Crippen molar-refractivity contribution in [2.75, 3.05) is 11.9 Å². The van der Waals surface area contributed by atoms with Gasteiger partial charge in [0.25, 0.3) is 0 Å². The van der Waals surface area contributed by atoms with E-state index in [9.17, 15) is 4.79 Å². The fourth-order valence-corrected chi connectivity index (χ4v) is 5.66. The van der Waals surface area contributed by atoms with Gasteiger partial charge in [-0.2, -0.15) is 0 Å². The summed E-state index contributed by atoms with van der Waals surface area (Å²) in [6.07, 6.45) is 18.0. The monoisotopic (exact) mass is 436 g/mol. The number of benzene rings is 1. The van der Waals surface area contributed by atoms with Crippen molar-refractivity contribution in [1.29, 1.82) is 0 Å². The van der Waals surface area contributed by atoms with Crippen molar-refractivity contribution in [2.45, 2.75) is 56.2 Å². The van der Waals surface area contributed by atoms with Gasteiger partial charge in [-0.3, -0.25) is 14.5 Å². The lowest BCUT2D eigenvalue weighted by molar-refractivity contribution is 0.100. The lowest BCUT2D eigenvalue weighted by Crippen LogP contribution is -2.31. The number of hydrogen-bond acceptors (Lipinski definition) is 5. The van der Waals surface area contributed by atoms with E-state index in [0.717, 1.165) is 18.7 Å². The third-order valence-electron chi connectivity index (χ3n) is 6.45. The number of nitrogens with two attached hydrogens (primary N) is 1. The molecule has 0 aliphatic heterocycles.